The summed E-state index contributed by atoms with van der Waals surface area (Å²) in [6.07, 6.45) is 3.24. The maximum atomic E-state index is 12.8. The van der Waals surface area contributed by atoms with Crippen LogP contribution in [0.15, 0.2) is 35.9 Å². The Morgan fingerprint density at radius 2 is 1.64 bits per heavy atom. The monoisotopic (exact) mass is 340 g/mol. The van der Waals surface area contributed by atoms with Gasteiger partial charge in [-0.3, -0.25) is 4.79 Å². The van der Waals surface area contributed by atoms with Crippen molar-refractivity contribution in [1.29, 1.82) is 0 Å². The molecule has 0 bridgehead atoms. The largest absolute Gasteiger partial charge is 0.502 e. The van der Waals surface area contributed by atoms with Gasteiger partial charge < -0.3 is 19.3 Å². The molecule has 0 fully saturated rings. The number of ether oxygens (including phenoxy) is 3. The first-order chi connectivity index (χ1) is 12.1. The second-order valence-electron chi connectivity index (χ2n) is 5.80. The average molecular weight is 340 g/mol. The van der Waals surface area contributed by atoms with Gasteiger partial charge in [0.1, 0.15) is 5.75 Å². The molecule has 5 heteroatoms. The number of benzene rings is 2. The van der Waals surface area contributed by atoms with Gasteiger partial charge in [0.05, 0.1) is 21.3 Å². The van der Waals surface area contributed by atoms with Crippen molar-refractivity contribution in [2.45, 2.75) is 12.8 Å². The number of carbonyl (C=O) groups excluding carboxylic acids is 1. The van der Waals surface area contributed by atoms with Crippen LogP contribution in [0, 0.1) is 0 Å². The van der Waals surface area contributed by atoms with Crippen molar-refractivity contribution in [1.82, 2.24) is 0 Å². The molecule has 0 aliphatic heterocycles. The lowest BCUT2D eigenvalue weighted by Gasteiger charge is -2.18. The van der Waals surface area contributed by atoms with E-state index in [0.29, 0.717) is 29.1 Å². The summed E-state index contributed by atoms with van der Waals surface area (Å²) in [5, 5.41) is 10.0. The number of Topliss-reactive ketones (excluding diaryl/α,β-unsaturated/α-hetero) is 1. The number of hydrogen-bond donors (Lipinski definition) is 1. The third-order valence-electron chi connectivity index (χ3n) is 4.36. The standard InChI is InChI=1S/C20H20O5/c1-23-15-6-7-16-13(11-15)4-5-14(19(16)21)8-12-9-17(24-2)20(22)18(10-12)25-3/h6-11,22H,4-5H2,1-3H3. The number of allylic oxidation sites excluding steroid dienone is 1. The average Bonchev–Trinajstić information content (AvgIpc) is 2.64. The minimum atomic E-state index is -0.0560. The van der Waals surface area contributed by atoms with E-state index in [-0.39, 0.29) is 11.5 Å². The molecule has 0 unspecified atom stereocenters. The Kier molecular flexibility index (Phi) is 4.65. The van der Waals surface area contributed by atoms with Crippen molar-refractivity contribution in [3.63, 3.8) is 0 Å². The molecule has 1 aliphatic rings. The number of phenolic OH excluding ortho intramolecular Hbond substituents is 1. The smallest absolute Gasteiger partial charge is 0.200 e. The zero-order valence-electron chi connectivity index (χ0n) is 14.5. The van der Waals surface area contributed by atoms with Crippen LogP contribution < -0.4 is 14.2 Å². The lowest BCUT2D eigenvalue weighted by Crippen LogP contribution is -2.14. The van der Waals surface area contributed by atoms with Crippen molar-refractivity contribution >= 4 is 11.9 Å². The molecule has 0 amide bonds. The van der Waals surface area contributed by atoms with Crippen LogP contribution in [0.1, 0.15) is 27.9 Å². The van der Waals surface area contributed by atoms with E-state index in [1.807, 2.05) is 18.2 Å². The number of hydrogen-bond acceptors (Lipinski definition) is 5. The van der Waals surface area contributed by atoms with E-state index < -0.39 is 0 Å². The predicted octanol–water partition coefficient (Wildman–Crippen LogP) is 3.63. The van der Waals surface area contributed by atoms with Gasteiger partial charge in [-0.2, -0.15) is 0 Å². The summed E-state index contributed by atoms with van der Waals surface area (Å²) < 4.78 is 15.6. The predicted molar refractivity (Wildman–Crippen MR) is 94.8 cm³/mol. The van der Waals surface area contributed by atoms with E-state index in [4.69, 9.17) is 14.2 Å². The highest BCUT2D eigenvalue weighted by atomic mass is 16.5. The van der Waals surface area contributed by atoms with E-state index in [0.717, 1.165) is 23.3 Å². The minimum Gasteiger partial charge on any atom is -0.502 e. The molecule has 1 N–H and O–H groups in total. The van der Waals surface area contributed by atoms with E-state index in [2.05, 4.69) is 0 Å². The number of aromatic hydroxyl groups is 1. The van der Waals surface area contributed by atoms with Gasteiger partial charge in [-0.1, -0.05) is 0 Å². The van der Waals surface area contributed by atoms with Gasteiger partial charge in [-0.25, -0.2) is 0 Å². The van der Waals surface area contributed by atoms with Crippen LogP contribution >= 0.6 is 0 Å². The van der Waals surface area contributed by atoms with Gasteiger partial charge in [0.15, 0.2) is 17.3 Å². The van der Waals surface area contributed by atoms with E-state index in [9.17, 15) is 9.90 Å². The summed E-state index contributed by atoms with van der Waals surface area (Å²) in [7, 11) is 4.56. The lowest BCUT2D eigenvalue weighted by molar-refractivity contribution is 0.102. The molecule has 2 aromatic carbocycles. The summed E-state index contributed by atoms with van der Waals surface area (Å²) in [4.78, 5) is 12.8. The van der Waals surface area contributed by atoms with Crippen molar-refractivity contribution < 1.29 is 24.1 Å². The lowest BCUT2D eigenvalue weighted by atomic mass is 9.86. The molecule has 3 rings (SSSR count). The number of ketones is 1. The van der Waals surface area contributed by atoms with E-state index >= 15 is 0 Å². The van der Waals surface area contributed by atoms with Gasteiger partial charge in [-0.05, 0) is 60.4 Å². The highest BCUT2D eigenvalue weighted by molar-refractivity contribution is 6.13. The first-order valence-corrected chi connectivity index (χ1v) is 7.94. The first kappa shape index (κ1) is 16.9. The molecule has 0 heterocycles. The van der Waals surface area contributed by atoms with Crippen LogP contribution in [-0.2, 0) is 6.42 Å². The molecule has 2 aromatic rings. The van der Waals surface area contributed by atoms with Crippen LogP contribution in [0.25, 0.3) is 6.08 Å². The first-order valence-electron chi connectivity index (χ1n) is 7.94. The van der Waals surface area contributed by atoms with Gasteiger partial charge in [0.25, 0.3) is 0 Å². The Morgan fingerprint density at radius 3 is 2.24 bits per heavy atom. The Morgan fingerprint density at radius 1 is 0.960 bits per heavy atom. The highest BCUT2D eigenvalue weighted by Gasteiger charge is 2.22. The summed E-state index contributed by atoms with van der Waals surface area (Å²) >= 11 is 0. The van der Waals surface area contributed by atoms with Crippen LogP contribution in [0.5, 0.6) is 23.0 Å². The zero-order chi connectivity index (χ0) is 18.0. The summed E-state index contributed by atoms with van der Waals surface area (Å²) in [5.41, 5.74) is 3.16. The molecule has 0 spiro atoms. The van der Waals surface area contributed by atoms with Gasteiger partial charge in [0.2, 0.25) is 5.75 Å². The van der Waals surface area contributed by atoms with Gasteiger partial charge in [-0.15, -0.1) is 0 Å². The van der Waals surface area contributed by atoms with Gasteiger partial charge in [0, 0.05) is 11.1 Å². The van der Waals surface area contributed by atoms with Crippen molar-refractivity contribution in [2.75, 3.05) is 21.3 Å². The van der Waals surface area contributed by atoms with Crippen LogP contribution in [0.2, 0.25) is 0 Å². The fourth-order valence-corrected chi connectivity index (χ4v) is 3.02. The minimum absolute atomic E-state index is 0.00918. The quantitative estimate of drug-likeness (QED) is 0.861. The third kappa shape index (κ3) is 3.18. The molecule has 0 saturated heterocycles. The summed E-state index contributed by atoms with van der Waals surface area (Å²) in [6.45, 7) is 0. The number of fused-ring (bicyclic) bond motifs is 1. The SMILES string of the molecule is COc1ccc2c(c1)CCC(=Cc1cc(OC)c(O)c(OC)c1)C2=O. The maximum Gasteiger partial charge on any atom is 0.200 e. The third-order valence-corrected chi connectivity index (χ3v) is 4.36. The van der Waals surface area contributed by atoms with Crippen LogP contribution in [0.3, 0.4) is 0 Å². The Bertz CT molecular complexity index is 826. The number of rotatable bonds is 4. The molecule has 5 nitrogen and oxygen atoms in total. The van der Waals surface area contributed by atoms with E-state index in [1.54, 1.807) is 25.3 Å². The molecule has 0 atom stereocenters. The number of methoxy groups -OCH3 is 3. The fraction of sp³-hybridized carbons (Fsp3) is 0.250. The Balaban J connectivity index is 1.98. The second kappa shape index (κ2) is 6.89. The molecule has 25 heavy (non-hydrogen) atoms. The molecule has 1 aliphatic carbocycles. The van der Waals surface area contributed by atoms with Crippen molar-refractivity contribution in [3.8, 4) is 23.0 Å². The molecule has 0 radical (unpaired) electrons. The number of phenols is 1. The maximum absolute atomic E-state index is 12.8. The van der Waals surface area contributed by atoms with Crippen molar-refractivity contribution in [2.24, 2.45) is 0 Å². The topological polar surface area (TPSA) is 65.0 Å². The highest BCUT2D eigenvalue weighted by Crippen LogP contribution is 2.38. The van der Waals surface area contributed by atoms with E-state index in [1.165, 1.54) is 14.2 Å². The van der Waals surface area contributed by atoms with Crippen LogP contribution in [0.4, 0.5) is 0 Å². The summed E-state index contributed by atoms with van der Waals surface area (Å²) in [6, 6.07) is 8.88. The fourth-order valence-electron chi connectivity index (χ4n) is 3.02. The van der Waals surface area contributed by atoms with Gasteiger partial charge >= 0.3 is 0 Å². The molecular formula is C20H20O5. The Labute approximate surface area is 146 Å². The number of carbonyl (C=O) groups is 1. The van der Waals surface area contributed by atoms with Crippen LogP contribution in [-0.4, -0.2) is 32.2 Å². The molecule has 0 saturated carbocycles. The Hall–Kier alpha value is -2.95. The molecule has 130 valence electrons. The normalized spacial score (nSPS) is 15.0. The second-order valence-corrected chi connectivity index (χ2v) is 5.80. The molecular weight excluding hydrogens is 320 g/mol. The van der Waals surface area contributed by atoms with Crippen molar-refractivity contribution in [3.05, 3.63) is 52.6 Å². The number of aryl methyl sites for hydroxylation is 1. The molecule has 0 aromatic heterocycles. The summed E-state index contributed by atoms with van der Waals surface area (Å²) in [5.74, 6) is 1.32. The zero-order valence-corrected chi connectivity index (χ0v) is 14.5.